The zero-order chi connectivity index (χ0) is 21.5. The number of aromatic carboxylic acids is 1. The Morgan fingerprint density at radius 1 is 1.13 bits per heavy atom. The molecule has 30 heavy (non-hydrogen) atoms. The summed E-state index contributed by atoms with van der Waals surface area (Å²) >= 11 is 6.04. The maximum Gasteiger partial charge on any atom is 0.356 e. The molecule has 0 unspecified atom stereocenters. The number of nitrogens with zero attached hydrogens (tertiary/aromatic N) is 4. The molecule has 0 amide bonds. The number of halogens is 1. The van der Waals surface area contributed by atoms with Crippen molar-refractivity contribution < 1.29 is 18.3 Å². The maximum absolute atomic E-state index is 13.1. The van der Waals surface area contributed by atoms with Crippen LogP contribution in [-0.4, -0.2) is 38.4 Å². The Morgan fingerprint density at radius 3 is 2.57 bits per heavy atom. The Bertz CT molecular complexity index is 1380. The van der Waals surface area contributed by atoms with Crippen molar-refractivity contribution in [3.63, 3.8) is 0 Å². The summed E-state index contributed by atoms with van der Waals surface area (Å²) in [6.45, 7) is 1.86. The molecule has 0 spiro atoms. The van der Waals surface area contributed by atoms with E-state index in [9.17, 15) is 18.3 Å². The number of hydrogen-bond donors (Lipinski definition) is 2. The average Bonchev–Trinajstić information content (AvgIpc) is 3.13. The van der Waals surface area contributed by atoms with Gasteiger partial charge in [-0.1, -0.05) is 17.7 Å². The predicted octanol–water partition coefficient (Wildman–Crippen LogP) is 3.47. The second-order valence-electron chi connectivity index (χ2n) is 6.34. The van der Waals surface area contributed by atoms with Crippen LogP contribution in [0.15, 0.2) is 59.8 Å². The van der Waals surface area contributed by atoms with E-state index in [1.807, 2.05) is 6.92 Å². The predicted molar refractivity (Wildman–Crippen MR) is 111 cm³/mol. The highest BCUT2D eigenvalue weighted by Gasteiger charge is 2.22. The third-order valence-electron chi connectivity index (χ3n) is 4.32. The number of pyridine rings is 1. The van der Waals surface area contributed by atoms with Gasteiger partial charge in [0.05, 0.1) is 16.0 Å². The summed E-state index contributed by atoms with van der Waals surface area (Å²) in [6.07, 6.45) is 2.69. The van der Waals surface area contributed by atoms with Gasteiger partial charge in [-0.25, -0.2) is 22.2 Å². The van der Waals surface area contributed by atoms with Gasteiger partial charge in [-0.2, -0.15) is 9.97 Å². The number of carbonyl (C=O) groups is 1. The lowest BCUT2D eigenvalue weighted by Gasteiger charge is -2.11. The number of fused-ring (bicyclic) bond motifs is 1. The zero-order valence-electron chi connectivity index (χ0n) is 15.4. The molecule has 3 heterocycles. The second-order valence-corrected chi connectivity index (χ2v) is 8.49. The van der Waals surface area contributed by atoms with Crippen LogP contribution in [0.25, 0.3) is 11.0 Å². The van der Waals surface area contributed by atoms with Crippen LogP contribution in [0.5, 0.6) is 0 Å². The summed E-state index contributed by atoms with van der Waals surface area (Å²) in [5.41, 5.74) is 0.940. The topological polar surface area (TPSA) is 127 Å². The molecule has 0 saturated carbocycles. The van der Waals surface area contributed by atoms with E-state index in [1.54, 1.807) is 18.2 Å². The van der Waals surface area contributed by atoms with Gasteiger partial charge in [0.25, 0.3) is 10.0 Å². The number of carboxylic acids is 1. The minimum absolute atomic E-state index is 0.0545. The summed E-state index contributed by atoms with van der Waals surface area (Å²) in [7, 11) is -3.93. The van der Waals surface area contributed by atoms with Crippen molar-refractivity contribution in [1.29, 1.82) is 0 Å². The van der Waals surface area contributed by atoms with Gasteiger partial charge in [0, 0.05) is 12.4 Å². The van der Waals surface area contributed by atoms with Crippen LogP contribution in [0.4, 0.5) is 11.5 Å². The minimum Gasteiger partial charge on any atom is -0.476 e. The molecule has 0 aliphatic carbocycles. The first-order valence-electron chi connectivity index (χ1n) is 8.59. The van der Waals surface area contributed by atoms with Crippen molar-refractivity contribution in [2.45, 2.75) is 11.8 Å². The molecule has 9 nitrogen and oxygen atoms in total. The number of benzene rings is 1. The van der Waals surface area contributed by atoms with Crippen molar-refractivity contribution in [2.24, 2.45) is 0 Å². The molecule has 0 aliphatic rings. The molecule has 11 heteroatoms. The highest BCUT2D eigenvalue weighted by molar-refractivity contribution is 7.90. The number of nitrogens with one attached hydrogen (secondary N) is 1. The molecular formula is C19H14ClN5O4S. The molecule has 3 aromatic heterocycles. The lowest BCUT2D eigenvalue weighted by atomic mass is 10.2. The van der Waals surface area contributed by atoms with Gasteiger partial charge in [-0.3, -0.25) is 0 Å². The fourth-order valence-electron chi connectivity index (χ4n) is 2.88. The molecule has 4 rings (SSSR count). The quantitative estimate of drug-likeness (QED) is 0.449. The molecule has 0 atom stereocenters. The zero-order valence-corrected chi connectivity index (χ0v) is 17.0. The number of aromatic nitrogens is 4. The number of aryl methyl sites for hydroxylation is 1. The van der Waals surface area contributed by atoms with Crippen LogP contribution in [-0.2, 0) is 10.0 Å². The highest BCUT2D eigenvalue weighted by Crippen LogP contribution is 2.29. The van der Waals surface area contributed by atoms with Gasteiger partial charge in [0.1, 0.15) is 5.82 Å². The molecule has 0 fully saturated rings. The van der Waals surface area contributed by atoms with Crippen molar-refractivity contribution in [2.75, 3.05) is 5.32 Å². The van der Waals surface area contributed by atoms with Crippen molar-refractivity contribution >= 4 is 50.1 Å². The Balaban J connectivity index is 1.85. The van der Waals surface area contributed by atoms with Gasteiger partial charge in [0.15, 0.2) is 11.3 Å². The molecule has 2 N–H and O–H groups in total. The normalized spacial score (nSPS) is 11.5. The molecule has 0 aliphatic heterocycles. The fourth-order valence-corrected chi connectivity index (χ4v) is 4.34. The molecule has 1 aromatic carbocycles. The average molecular weight is 444 g/mol. The van der Waals surface area contributed by atoms with Crippen molar-refractivity contribution in [1.82, 2.24) is 18.9 Å². The first-order valence-corrected chi connectivity index (χ1v) is 10.4. The van der Waals surface area contributed by atoms with Crippen LogP contribution >= 0.6 is 11.6 Å². The summed E-state index contributed by atoms with van der Waals surface area (Å²) in [5, 5.41) is 12.3. The van der Waals surface area contributed by atoms with E-state index in [4.69, 9.17) is 11.6 Å². The minimum atomic E-state index is -3.93. The Hall–Kier alpha value is -3.50. The standard InChI is InChI=1S/C19H14ClN5O4S/c1-11-4-6-12(7-5-11)30(28,29)25-10-8-13-16(23-19(20)24-17(13)25)22-14-3-2-9-21-15(14)18(26)27/h2-10H,1H3,(H,26,27)(H,22,23,24). The Labute approximate surface area is 176 Å². The summed E-state index contributed by atoms with van der Waals surface area (Å²) in [6, 6.07) is 11.0. The van der Waals surface area contributed by atoms with Crippen molar-refractivity contribution in [3.8, 4) is 0 Å². The van der Waals surface area contributed by atoms with E-state index in [-0.39, 0.29) is 33.0 Å². The van der Waals surface area contributed by atoms with Crippen molar-refractivity contribution in [3.05, 3.63) is 71.4 Å². The number of anilines is 2. The smallest absolute Gasteiger partial charge is 0.356 e. The van der Waals surface area contributed by atoms with Gasteiger partial charge < -0.3 is 10.4 Å². The first kappa shape index (κ1) is 19.8. The van der Waals surface area contributed by atoms with Gasteiger partial charge in [-0.15, -0.1) is 0 Å². The Morgan fingerprint density at radius 2 is 1.87 bits per heavy atom. The van der Waals surface area contributed by atoms with Crippen LogP contribution < -0.4 is 5.32 Å². The van der Waals surface area contributed by atoms with E-state index in [1.165, 1.54) is 36.7 Å². The number of carboxylic acid groups (broad SMARTS) is 1. The maximum atomic E-state index is 13.1. The lowest BCUT2D eigenvalue weighted by Crippen LogP contribution is -2.13. The molecule has 0 bridgehead atoms. The van der Waals surface area contributed by atoms with Gasteiger partial charge >= 0.3 is 5.97 Å². The largest absolute Gasteiger partial charge is 0.476 e. The van der Waals surface area contributed by atoms with Gasteiger partial charge in [-0.05, 0) is 48.9 Å². The molecular weight excluding hydrogens is 430 g/mol. The van der Waals surface area contributed by atoms with Crippen LogP contribution in [0, 0.1) is 6.92 Å². The van der Waals surface area contributed by atoms with Crippen LogP contribution in [0.2, 0.25) is 5.28 Å². The highest BCUT2D eigenvalue weighted by atomic mass is 35.5. The fraction of sp³-hybridized carbons (Fsp3) is 0.0526. The third-order valence-corrected chi connectivity index (χ3v) is 6.17. The van der Waals surface area contributed by atoms with Crippen LogP contribution in [0.3, 0.4) is 0 Å². The van der Waals surface area contributed by atoms with E-state index in [0.717, 1.165) is 9.54 Å². The third kappa shape index (κ3) is 3.46. The summed E-state index contributed by atoms with van der Waals surface area (Å²) in [5.74, 6) is -1.08. The van der Waals surface area contributed by atoms with E-state index in [0.29, 0.717) is 5.39 Å². The van der Waals surface area contributed by atoms with Gasteiger partial charge in [0.2, 0.25) is 5.28 Å². The second kappa shape index (κ2) is 7.39. The summed E-state index contributed by atoms with van der Waals surface area (Å²) in [4.78, 5) is 23.5. The molecule has 0 saturated heterocycles. The molecule has 0 radical (unpaired) electrons. The SMILES string of the molecule is Cc1ccc(S(=O)(=O)n2ccc3c(Nc4cccnc4C(=O)O)nc(Cl)nc32)cc1. The monoisotopic (exact) mass is 443 g/mol. The molecule has 152 valence electrons. The van der Waals surface area contributed by atoms with E-state index >= 15 is 0 Å². The van der Waals surface area contributed by atoms with Crippen LogP contribution in [0.1, 0.15) is 16.1 Å². The molecule has 4 aromatic rings. The summed E-state index contributed by atoms with van der Waals surface area (Å²) < 4.78 is 27.2. The van der Waals surface area contributed by atoms with E-state index in [2.05, 4.69) is 20.3 Å². The lowest BCUT2D eigenvalue weighted by molar-refractivity contribution is 0.0691. The Kier molecular flexibility index (Phi) is 4.88. The number of rotatable bonds is 5. The number of hydrogen-bond acceptors (Lipinski definition) is 7. The van der Waals surface area contributed by atoms with E-state index < -0.39 is 16.0 Å². The first-order chi connectivity index (χ1) is 14.3.